The van der Waals surface area contributed by atoms with E-state index in [1.165, 1.54) is 0 Å². The fraction of sp³-hybridized carbons (Fsp3) is 0.941. The number of nitrogens with one attached hydrogen (secondary N) is 1. The minimum atomic E-state index is -2.44. The minimum Gasteiger partial charge on any atom is -0.316 e. The number of hydrogen-bond acceptors (Lipinski definition) is 1. The van der Waals surface area contributed by atoms with Crippen molar-refractivity contribution in [3.05, 3.63) is 11.4 Å². The highest BCUT2D eigenvalue weighted by Gasteiger charge is 2.42. The fourth-order valence-electron chi connectivity index (χ4n) is 3.98. The average molecular weight is 298 g/mol. The van der Waals surface area contributed by atoms with E-state index in [0.29, 0.717) is 31.3 Å². The van der Waals surface area contributed by atoms with Gasteiger partial charge in [-0.3, -0.25) is 0 Å². The summed E-state index contributed by atoms with van der Waals surface area (Å²) in [6.45, 7) is 12.3. The largest absolute Gasteiger partial charge is 0.316 e. The summed E-state index contributed by atoms with van der Waals surface area (Å²) in [4.78, 5) is 3.66. The number of rotatable bonds is 4. The van der Waals surface area contributed by atoms with Crippen molar-refractivity contribution >= 4 is 0 Å². The van der Waals surface area contributed by atoms with Crippen molar-refractivity contribution < 1.29 is 8.78 Å². The van der Waals surface area contributed by atoms with Crippen molar-refractivity contribution in [1.82, 2.24) is 5.32 Å². The second-order valence-electron chi connectivity index (χ2n) is 7.40. The van der Waals surface area contributed by atoms with Crippen molar-refractivity contribution in [1.29, 1.82) is 0 Å². The SMILES string of the molecule is [C-]#[N+]CC1(C(C)C)CCC(NC2CCC(F)(F)CC2)CC1. The lowest BCUT2D eigenvalue weighted by atomic mass is 9.66. The molecule has 0 amide bonds. The normalized spacial score (nSPS) is 33.8. The van der Waals surface area contributed by atoms with Gasteiger partial charge in [0.25, 0.3) is 0 Å². The molecule has 2 aliphatic carbocycles. The van der Waals surface area contributed by atoms with Crippen molar-refractivity contribution in [3.63, 3.8) is 0 Å². The van der Waals surface area contributed by atoms with Crippen molar-refractivity contribution in [2.45, 2.75) is 83.2 Å². The standard InChI is InChI=1S/C17H28F2N2/c1-13(2)16(12-20-3)8-4-14(5-9-16)21-15-6-10-17(18,19)11-7-15/h13-15,21H,4-12H2,1-2H3. The zero-order valence-electron chi connectivity index (χ0n) is 13.3. The molecule has 0 heterocycles. The molecule has 2 saturated carbocycles. The molecule has 2 aliphatic rings. The highest BCUT2D eigenvalue weighted by atomic mass is 19.3. The summed E-state index contributed by atoms with van der Waals surface area (Å²) < 4.78 is 26.4. The van der Waals surface area contributed by atoms with E-state index in [4.69, 9.17) is 6.57 Å². The number of hydrogen-bond donors (Lipinski definition) is 1. The predicted molar refractivity (Wildman–Crippen MR) is 81.3 cm³/mol. The molecule has 0 unspecified atom stereocenters. The third-order valence-corrected chi connectivity index (χ3v) is 5.79. The van der Waals surface area contributed by atoms with Crippen LogP contribution in [0, 0.1) is 17.9 Å². The van der Waals surface area contributed by atoms with Gasteiger partial charge >= 0.3 is 0 Å². The van der Waals surface area contributed by atoms with Gasteiger partial charge in [-0.25, -0.2) is 15.4 Å². The Kier molecular flexibility index (Phi) is 5.24. The Labute approximate surface area is 127 Å². The molecule has 0 radical (unpaired) electrons. The smallest absolute Gasteiger partial charge is 0.248 e. The van der Waals surface area contributed by atoms with Crippen LogP contribution in [0.15, 0.2) is 0 Å². The van der Waals surface area contributed by atoms with Gasteiger partial charge in [-0.1, -0.05) is 13.8 Å². The van der Waals surface area contributed by atoms with Gasteiger partial charge in [-0.15, -0.1) is 0 Å². The molecule has 2 nitrogen and oxygen atoms in total. The van der Waals surface area contributed by atoms with Gasteiger partial charge in [0.05, 0.1) is 0 Å². The second kappa shape index (κ2) is 6.60. The van der Waals surface area contributed by atoms with Crippen molar-refractivity contribution in [2.75, 3.05) is 6.54 Å². The van der Waals surface area contributed by atoms with Gasteiger partial charge < -0.3 is 10.2 Å². The summed E-state index contributed by atoms with van der Waals surface area (Å²) in [5.74, 6) is -1.89. The molecule has 0 aromatic rings. The van der Waals surface area contributed by atoms with E-state index in [-0.39, 0.29) is 24.3 Å². The molecule has 0 aliphatic heterocycles. The van der Waals surface area contributed by atoms with Crippen LogP contribution in [0.4, 0.5) is 8.78 Å². The molecule has 0 atom stereocenters. The molecule has 0 bridgehead atoms. The molecule has 2 fully saturated rings. The van der Waals surface area contributed by atoms with Crippen LogP contribution in [0.2, 0.25) is 0 Å². The van der Waals surface area contributed by atoms with Gasteiger partial charge in [0.2, 0.25) is 12.5 Å². The van der Waals surface area contributed by atoms with Crippen LogP contribution in [0.3, 0.4) is 0 Å². The van der Waals surface area contributed by atoms with E-state index in [1.54, 1.807) is 0 Å². The average Bonchev–Trinajstić information content (AvgIpc) is 2.43. The molecule has 4 heteroatoms. The van der Waals surface area contributed by atoms with Gasteiger partial charge in [0, 0.05) is 30.3 Å². The van der Waals surface area contributed by atoms with Gasteiger partial charge in [0.1, 0.15) is 0 Å². The van der Waals surface area contributed by atoms with Crippen LogP contribution in [0.5, 0.6) is 0 Å². The van der Waals surface area contributed by atoms with Gasteiger partial charge in [-0.05, 0) is 44.4 Å². The van der Waals surface area contributed by atoms with E-state index >= 15 is 0 Å². The maximum atomic E-state index is 13.2. The highest BCUT2D eigenvalue weighted by Crippen LogP contribution is 2.43. The quantitative estimate of drug-likeness (QED) is 0.747. The Morgan fingerprint density at radius 3 is 1.95 bits per heavy atom. The maximum Gasteiger partial charge on any atom is 0.248 e. The Morgan fingerprint density at radius 1 is 1.05 bits per heavy atom. The molecule has 21 heavy (non-hydrogen) atoms. The van der Waals surface area contributed by atoms with Crippen LogP contribution in [0.1, 0.15) is 65.2 Å². The van der Waals surface area contributed by atoms with E-state index in [1.807, 2.05) is 0 Å². The monoisotopic (exact) mass is 298 g/mol. The first kappa shape index (κ1) is 16.7. The highest BCUT2D eigenvalue weighted by molar-refractivity contribution is 4.95. The number of halogens is 2. The van der Waals surface area contributed by atoms with Crippen LogP contribution in [0.25, 0.3) is 4.85 Å². The molecule has 0 saturated heterocycles. The lowest BCUT2D eigenvalue weighted by Gasteiger charge is -2.41. The van der Waals surface area contributed by atoms with Crippen LogP contribution >= 0.6 is 0 Å². The summed E-state index contributed by atoms with van der Waals surface area (Å²) in [5, 5.41) is 3.60. The summed E-state index contributed by atoms with van der Waals surface area (Å²) in [7, 11) is 0. The lowest BCUT2D eigenvalue weighted by molar-refractivity contribution is -0.0420. The minimum absolute atomic E-state index is 0.0328. The van der Waals surface area contributed by atoms with Crippen LogP contribution in [-0.2, 0) is 0 Å². The van der Waals surface area contributed by atoms with Gasteiger partial charge in [0.15, 0.2) is 0 Å². The molecular formula is C17H28F2N2. The van der Waals surface area contributed by atoms with E-state index in [2.05, 4.69) is 24.0 Å². The molecule has 120 valence electrons. The lowest BCUT2D eigenvalue weighted by Crippen LogP contribution is -2.46. The molecule has 2 rings (SSSR count). The number of alkyl halides is 2. The molecule has 0 spiro atoms. The Bertz CT molecular complexity index is 369. The van der Waals surface area contributed by atoms with Crippen molar-refractivity contribution in [3.8, 4) is 0 Å². The van der Waals surface area contributed by atoms with Crippen molar-refractivity contribution in [2.24, 2.45) is 11.3 Å². The molecular weight excluding hydrogens is 270 g/mol. The van der Waals surface area contributed by atoms with Crippen LogP contribution in [-0.4, -0.2) is 24.6 Å². The van der Waals surface area contributed by atoms with Crippen LogP contribution < -0.4 is 5.32 Å². The zero-order valence-corrected chi connectivity index (χ0v) is 13.3. The molecule has 1 N–H and O–H groups in total. The topological polar surface area (TPSA) is 16.4 Å². The predicted octanol–water partition coefficient (Wildman–Crippen LogP) is 4.66. The zero-order chi connectivity index (χ0) is 15.5. The Hall–Kier alpha value is -0.690. The van der Waals surface area contributed by atoms with E-state index in [9.17, 15) is 8.78 Å². The molecule has 0 aromatic carbocycles. The maximum absolute atomic E-state index is 13.2. The van der Waals surface area contributed by atoms with Gasteiger partial charge in [-0.2, -0.15) is 0 Å². The summed E-state index contributed by atoms with van der Waals surface area (Å²) in [5.41, 5.74) is 0.180. The summed E-state index contributed by atoms with van der Waals surface area (Å²) in [6.07, 6.45) is 5.61. The Balaban J connectivity index is 1.80. The third kappa shape index (κ3) is 4.16. The summed E-state index contributed by atoms with van der Waals surface area (Å²) >= 11 is 0. The summed E-state index contributed by atoms with van der Waals surface area (Å²) in [6, 6.07) is 0.723. The first-order valence-electron chi connectivity index (χ1n) is 8.34. The molecule has 0 aromatic heterocycles. The van der Waals surface area contributed by atoms with E-state index < -0.39 is 5.92 Å². The van der Waals surface area contributed by atoms with E-state index in [0.717, 1.165) is 25.7 Å². The first-order chi connectivity index (χ1) is 9.87. The fourth-order valence-corrected chi connectivity index (χ4v) is 3.98. The third-order valence-electron chi connectivity index (χ3n) is 5.79. The second-order valence-corrected chi connectivity index (χ2v) is 7.40. The first-order valence-corrected chi connectivity index (χ1v) is 8.34. The number of nitrogens with zero attached hydrogens (tertiary/aromatic N) is 1. The Morgan fingerprint density at radius 2 is 1.52 bits per heavy atom.